The van der Waals surface area contributed by atoms with Crippen LogP contribution >= 0.6 is 0 Å². The summed E-state index contributed by atoms with van der Waals surface area (Å²) in [6.45, 7) is 0. The molecule has 4 heteroatoms. The maximum absolute atomic E-state index is 10.8. The first-order chi connectivity index (χ1) is 7.36. The summed E-state index contributed by atoms with van der Waals surface area (Å²) in [5.74, 6) is 0.538. The molecule has 1 aromatic heterocycles. The topological polar surface area (TPSA) is 44.1 Å². The van der Waals surface area contributed by atoms with Gasteiger partial charge in [0, 0.05) is 12.4 Å². The van der Waals surface area contributed by atoms with Crippen LogP contribution in [-0.4, -0.2) is 23.2 Å². The molecule has 1 heterocycles. The molecule has 0 aliphatic carbocycles. The van der Waals surface area contributed by atoms with E-state index in [2.05, 4.69) is 5.10 Å². The van der Waals surface area contributed by atoms with Crippen molar-refractivity contribution in [3.63, 3.8) is 0 Å². The van der Waals surface area contributed by atoms with Crippen LogP contribution in [-0.2, 0) is 0 Å². The maximum atomic E-state index is 10.8. The summed E-state index contributed by atoms with van der Waals surface area (Å²) in [7, 11) is 1.54. The molecule has 4 nitrogen and oxygen atoms in total. The Bertz CT molecular complexity index is 463. The molecule has 0 aliphatic rings. The molecule has 1 aromatic carbocycles. The number of ether oxygens (including phenoxy) is 1. The number of hydrogen-bond acceptors (Lipinski definition) is 3. The van der Waals surface area contributed by atoms with Crippen LogP contribution in [0.5, 0.6) is 5.75 Å². The van der Waals surface area contributed by atoms with E-state index >= 15 is 0 Å². The normalized spacial score (nSPS) is 9.93. The largest absolute Gasteiger partial charge is 0.494 e. The number of methoxy groups -OCH3 is 1. The molecule has 0 saturated heterocycles. The van der Waals surface area contributed by atoms with Crippen molar-refractivity contribution in [1.29, 1.82) is 0 Å². The lowest BCUT2D eigenvalue weighted by Crippen LogP contribution is -2.00. The van der Waals surface area contributed by atoms with Crippen molar-refractivity contribution in [1.82, 2.24) is 9.78 Å². The Hall–Kier alpha value is -2.10. The van der Waals surface area contributed by atoms with Gasteiger partial charge in [-0.15, -0.1) is 0 Å². The molecule has 0 amide bonds. The van der Waals surface area contributed by atoms with Crippen LogP contribution in [0.1, 0.15) is 10.4 Å². The fourth-order valence-electron chi connectivity index (χ4n) is 1.45. The van der Waals surface area contributed by atoms with Gasteiger partial charge in [-0.25, -0.2) is 4.68 Å². The fraction of sp³-hybridized carbons (Fsp3) is 0.0909. The van der Waals surface area contributed by atoms with Crippen LogP contribution in [0.3, 0.4) is 0 Å². The molecule has 0 saturated carbocycles. The Morgan fingerprint density at radius 3 is 2.87 bits per heavy atom. The highest BCUT2D eigenvalue weighted by Gasteiger charge is 2.09. The monoisotopic (exact) mass is 202 g/mol. The van der Waals surface area contributed by atoms with Crippen molar-refractivity contribution in [3.05, 3.63) is 42.2 Å². The van der Waals surface area contributed by atoms with Gasteiger partial charge in [-0.1, -0.05) is 6.07 Å². The van der Waals surface area contributed by atoms with E-state index in [-0.39, 0.29) is 0 Å². The smallest absolute Gasteiger partial charge is 0.155 e. The van der Waals surface area contributed by atoms with Gasteiger partial charge in [0.25, 0.3) is 0 Å². The maximum Gasteiger partial charge on any atom is 0.155 e. The Morgan fingerprint density at radius 2 is 2.27 bits per heavy atom. The molecule has 0 aliphatic heterocycles. The molecule has 0 atom stereocenters. The van der Waals surface area contributed by atoms with Crippen molar-refractivity contribution in [2.45, 2.75) is 0 Å². The highest BCUT2D eigenvalue weighted by atomic mass is 16.5. The van der Waals surface area contributed by atoms with E-state index in [0.29, 0.717) is 11.3 Å². The van der Waals surface area contributed by atoms with E-state index in [1.807, 2.05) is 12.1 Å². The third-order valence-corrected chi connectivity index (χ3v) is 2.11. The number of hydrogen-bond donors (Lipinski definition) is 0. The van der Waals surface area contributed by atoms with Crippen LogP contribution in [0.25, 0.3) is 5.69 Å². The summed E-state index contributed by atoms with van der Waals surface area (Å²) in [4.78, 5) is 10.8. The Morgan fingerprint density at radius 1 is 1.40 bits per heavy atom. The molecule has 0 N–H and O–H groups in total. The Labute approximate surface area is 87.1 Å². The number of aldehydes is 1. The van der Waals surface area contributed by atoms with Gasteiger partial charge in [-0.3, -0.25) is 4.79 Å². The van der Waals surface area contributed by atoms with E-state index in [4.69, 9.17) is 4.74 Å². The van der Waals surface area contributed by atoms with Gasteiger partial charge in [0.2, 0.25) is 0 Å². The minimum atomic E-state index is 0.519. The molecule has 15 heavy (non-hydrogen) atoms. The van der Waals surface area contributed by atoms with Crippen LogP contribution in [0.4, 0.5) is 0 Å². The number of rotatable bonds is 3. The van der Waals surface area contributed by atoms with E-state index in [9.17, 15) is 4.79 Å². The Balaban J connectivity index is 2.61. The molecule has 0 spiro atoms. The van der Waals surface area contributed by atoms with Gasteiger partial charge in [0.1, 0.15) is 5.69 Å². The van der Waals surface area contributed by atoms with Gasteiger partial charge in [0.05, 0.1) is 12.7 Å². The molecular weight excluding hydrogens is 192 g/mol. The van der Waals surface area contributed by atoms with Crippen LogP contribution in [0.2, 0.25) is 0 Å². The zero-order valence-corrected chi connectivity index (χ0v) is 8.25. The van der Waals surface area contributed by atoms with E-state index < -0.39 is 0 Å². The molecule has 0 unspecified atom stereocenters. The second-order valence-corrected chi connectivity index (χ2v) is 2.97. The van der Waals surface area contributed by atoms with Crippen LogP contribution in [0, 0.1) is 0 Å². The fourth-order valence-corrected chi connectivity index (χ4v) is 1.45. The van der Waals surface area contributed by atoms with Gasteiger partial charge in [-0.2, -0.15) is 5.10 Å². The van der Waals surface area contributed by atoms with Crippen molar-refractivity contribution in [3.8, 4) is 11.4 Å². The highest BCUT2D eigenvalue weighted by molar-refractivity contribution is 5.81. The first kappa shape index (κ1) is 9.45. The molecule has 2 rings (SSSR count). The van der Waals surface area contributed by atoms with Crippen LogP contribution < -0.4 is 4.74 Å². The predicted molar refractivity (Wildman–Crippen MR) is 55.5 cm³/mol. The number of benzene rings is 1. The lowest BCUT2D eigenvalue weighted by molar-refractivity contribution is 0.112. The van der Waals surface area contributed by atoms with Crippen molar-refractivity contribution >= 4 is 6.29 Å². The third-order valence-electron chi connectivity index (χ3n) is 2.11. The molecule has 0 bridgehead atoms. The number of nitrogens with zero attached hydrogens (tertiary/aromatic N) is 2. The standard InChI is InChI=1S/C11H10N2O2/c1-15-11-9(8-14)4-2-5-10(11)13-7-3-6-12-13/h2-8H,1H3. The quantitative estimate of drug-likeness (QED) is 0.711. The first-order valence-corrected chi connectivity index (χ1v) is 4.49. The second kappa shape index (κ2) is 3.96. The van der Waals surface area contributed by atoms with Gasteiger partial charge in [-0.05, 0) is 18.2 Å². The van der Waals surface area contributed by atoms with Crippen molar-refractivity contribution < 1.29 is 9.53 Å². The second-order valence-electron chi connectivity index (χ2n) is 2.97. The first-order valence-electron chi connectivity index (χ1n) is 4.49. The zero-order chi connectivity index (χ0) is 10.7. The molecule has 76 valence electrons. The SMILES string of the molecule is COc1c(C=O)cccc1-n1cccn1. The molecule has 2 aromatic rings. The van der Waals surface area contributed by atoms with Crippen molar-refractivity contribution in [2.24, 2.45) is 0 Å². The van der Waals surface area contributed by atoms with E-state index in [1.165, 1.54) is 7.11 Å². The number of aromatic nitrogens is 2. The lowest BCUT2D eigenvalue weighted by Gasteiger charge is -2.09. The average Bonchev–Trinajstić information content (AvgIpc) is 2.81. The van der Waals surface area contributed by atoms with E-state index in [0.717, 1.165) is 12.0 Å². The minimum absolute atomic E-state index is 0.519. The summed E-state index contributed by atoms with van der Waals surface area (Å²) in [5.41, 5.74) is 1.28. The van der Waals surface area contributed by atoms with Gasteiger partial charge >= 0.3 is 0 Å². The van der Waals surface area contributed by atoms with Gasteiger partial charge in [0.15, 0.2) is 12.0 Å². The minimum Gasteiger partial charge on any atom is -0.494 e. The average molecular weight is 202 g/mol. The Kier molecular flexibility index (Phi) is 2.49. The summed E-state index contributed by atoms with van der Waals surface area (Å²) >= 11 is 0. The van der Waals surface area contributed by atoms with Crippen LogP contribution in [0.15, 0.2) is 36.7 Å². The number of carbonyl (C=O) groups is 1. The van der Waals surface area contributed by atoms with Crippen molar-refractivity contribution in [2.75, 3.05) is 7.11 Å². The summed E-state index contributed by atoms with van der Waals surface area (Å²) in [6.07, 6.45) is 4.24. The third kappa shape index (κ3) is 1.61. The number of para-hydroxylation sites is 1. The summed E-state index contributed by atoms with van der Waals surface area (Å²) in [5, 5.41) is 4.09. The number of carbonyl (C=O) groups excluding carboxylic acids is 1. The summed E-state index contributed by atoms with van der Waals surface area (Å²) in [6, 6.07) is 7.16. The predicted octanol–water partition coefficient (Wildman–Crippen LogP) is 1.69. The van der Waals surface area contributed by atoms with Gasteiger partial charge < -0.3 is 4.74 Å². The molecular formula is C11H10N2O2. The molecule has 0 radical (unpaired) electrons. The zero-order valence-electron chi connectivity index (χ0n) is 8.25. The van der Waals surface area contributed by atoms with E-state index in [1.54, 1.807) is 29.2 Å². The summed E-state index contributed by atoms with van der Waals surface area (Å²) < 4.78 is 6.86. The highest BCUT2D eigenvalue weighted by Crippen LogP contribution is 2.25. The lowest BCUT2D eigenvalue weighted by atomic mass is 10.2. The molecule has 0 fully saturated rings.